The Bertz CT molecular complexity index is 734. The van der Waals surface area contributed by atoms with Crippen molar-refractivity contribution in [3.05, 3.63) is 109 Å². The average Bonchev–Trinajstić information content (AvgIpc) is 2.67. The molecule has 0 fully saturated rings. The fourth-order valence-electron chi connectivity index (χ4n) is 2.93. The van der Waals surface area contributed by atoms with Crippen molar-refractivity contribution in [2.24, 2.45) is 0 Å². The zero-order valence-corrected chi connectivity index (χ0v) is 16.0. The highest BCUT2D eigenvalue weighted by Gasteiger charge is 2.08. The van der Waals surface area contributed by atoms with Gasteiger partial charge in [-0.2, -0.15) is 0 Å². The van der Waals surface area contributed by atoms with Crippen molar-refractivity contribution in [3.63, 3.8) is 0 Å². The van der Waals surface area contributed by atoms with Crippen molar-refractivity contribution in [2.75, 3.05) is 13.2 Å². The molecule has 2 rings (SSSR count). The van der Waals surface area contributed by atoms with Gasteiger partial charge in [-0.3, -0.25) is 0 Å². The molecule has 0 bridgehead atoms. The predicted molar refractivity (Wildman–Crippen MR) is 115 cm³/mol. The molecule has 140 valence electrons. The Labute approximate surface area is 163 Å². The first-order valence-electron chi connectivity index (χ1n) is 9.14. The van der Waals surface area contributed by atoms with Gasteiger partial charge in [0.15, 0.2) is 0 Å². The van der Waals surface area contributed by atoms with Crippen LogP contribution >= 0.6 is 0 Å². The molecule has 0 atom stereocenters. The van der Waals surface area contributed by atoms with Crippen molar-refractivity contribution in [1.82, 2.24) is 0 Å². The maximum absolute atomic E-state index is 5.75. The summed E-state index contributed by atoms with van der Waals surface area (Å²) in [5.41, 5.74) is 4.76. The molecule has 2 aromatic carbocycles. The SMILES string of the molecule is C=CCOc1ccc(Cc2ccc(OCC=C)c(CC=C)c2)cc1CC=C. The summed E-state index contributed by atoms with van der Waals surface area (Å²) in [7, 11) is 0. The number of hydrogen-bond donors (Lipinski definition) is 0. The molecule has 0 unspecified atom stereocenters. The van der Waals surface area contributed by atoms with Gasteiger partial charge >= 0.3 is 0 Å². The minimum Gasteiger partial charge on any atom is -0.489 e. The highest BCUT2D eigenvalue weighted by Crippen LogP contribution is 2.26. The van der Waals surface area contributed by atoms with E-state index in [2.05, 4.69) is 50.6 Å². The summed E-state index contributed by atoms with van der Waals surface area (Å²) >= 11 is 0. The molecule has 0 aromatic heterocycles. The van der Waals surface area contributed by atoms with Crippen LogP contribution in [0, 0.1) is 0 Å². The van der Waals surface area contributed by atoms with E-state index in [1.54, 1.807) is 12.2 Å². The Hall–Kier alpha value is -3.00. The summed E-state index contributed by atoms with van der Waals surface area (Å²) < 4.78 is 11.5. The van der Waals surface area contributed by atoms with Crippen LogP contribution in [0.5, 0.6) is 11.5 Å². The lowest BCUT2D eigenvalue weighted by atomic mass is 9.98. The van der Waals surface area contributed by atoms with Gasteiger partial charge in [-0.15, -0.1) is 13.2 Å². The molecule has 2 aromatic rings. The number of hydrogen-bond acceptors (Lipinski definition) is 2. The first-order chi connectivity index (χ1) is 13.2. The molecule has 0 heterocycles. The topological polar surface area (TPSA) is 18.5 Å². The maximum Gasteiger partial charge on any atom is 0.123 e. The van der Waals surface area contributed by atoms with Crippen LogP contribution in [0.3, 0.4) is 0 Å². The molecule has 2 heteroatoms. The summed E-state index contributed by atoms with van der Waals surface area (Å²) in [6.07, 6.45) is 9.69. The zero-order chi connectivity index (χ0) is 19.5. The zero-order valence-electron chi connectivity index (χ0n) is 16.0. The Morgan fingerprint density at radius 1 is 0.630 bits per heavy atom. The second kappa shape index (κ2) is 10.9. The van der Waals surface area contributed by atoms with Crippen molar-refractivity contribution >= 4 is 0 Å². The molecule has 2 nitrogen and oxygen atoms in total. The lowest BCUT2D eigenvalue weighted by molar-refractivity contribution is 0.360. The van der Waals surface area contributed by atoms with E-state index in [0.717, 1.165) is 41.9 Å². The highest BCUT2D eigenvalue weighted by atomic mass is 16.5. The Balaban J connectivity index is 2.24. The first-order valence-corrected chi connectivity index (χ1v) is 9.14. The van der Waals surface area contributed by atoms with E-state index in [-0.39, 0.29) is 0 Å². The van der Waals surface area contributed by atoms with E-state index in [1.165, 1.54) is 11.1 Å². The van der Waals surface area contributed by atoms with E-state index in [4.69, 9.17) is 9.47 Å². The Morgan fingerprint density at radius 2 is 1.07 bits per heavy atom. The van der Waals surface area contributed by atoms with Crippen LogP contribution in [0.4, 0.5) is 0 Å². The van der Waals surface area contributed by atoms with Gasteiger partial charge in [0, 0.05) is 0 Å². The minimum atomic E-state index is 0.501. The average molecular weight is 360 g/mol. The summed E-state index contributed by atoms with van der Waals surface area (Å²) in [5, 5.41) is 0. The summed E-state index contributed by atoms with van der Waals surface area (Å²) in [6.45, 7) is 16.1. The van der Waals surface area contributed by atoms with E-state index < -0.39 is 0 Å². The fraction of sp³-hybridized carbons (Fsp3) is 0.200. The van der Waals surface area contributed by atoms with Gasteiger partial charge < -0.3 is 9.47 Å². The van der Waals surface area contributed by atoms with Crippen LogP contribution in [-0.4, -0.2) is 13.2 Å². The lowest BCUT2D eigenvalue weighted by Gasteiger charge is -2.13. The summed E-state index contributed by atoms with van der Waals surface area (Å²) in [4.78, 5) is 0. The monoisotopic (exact) mass is 360 g/mol. The lowest BCUT2D eigenvalue weighted by Crippen LogP contribution is -2.00. The largest absolute Gasteiger partial charge is 0.489 e. The van der Waals surface area contributed by atoms with Crippen molar-refractivity contribution in [1.29, 1.82) is 0 Å². The molecular weight excluding hydrogens is 332 g/mol. The fourth-order valence-corrected chi connectivity index (χ4v) is 2.93. The van der Waals surface area contributed by atoms with Gasteiger partial charge in [-0.25, -0.2) is 0 Å². The molecule has 0 amide bonds. The smallest absolute Gasteiger partial charge is 0.123 e. The van der Waals surface area contributed by atoms with Crippen LogP contribution in [0.15, 0.2) is 87.0 Å². The van der Waals surface area contributed by atoms with Crippen LogP contribution in [0.25, 0.3) is 0 Å². The second-order valence-corrected chi connectivity index (χ2v) is 6.25. The van der Waals surface area contributed by atoms with Gasteiger partial charge in [-0.1, -0.05) is 61.7 Å². The maximum atomic E-state index is 5.75. The van der Waals surface area contributed by atoms with Gasteiger partial charge in [0.2, 0.25) is 0 Å². The van der Waals surface area contributed by atoms with Crippen LogP contribution in [0.1, 0.15) is 22.3 Å². The predicted octanol–water partition coefficient (Wildman–Crippen LogP) is 5.86. The Morgan fingerprint density at radius 3 is 1.44 bits per heavy atom. The van der Waals surface area contributed by atoms with Gasteiger partial charge in [0.1, 0.15) is 24.7 Å². The molecule has 27 heavy (non-hydrogen) atoms. The molecule has 0 aliphatic rings. The van der Waals surface area contributed by atoms with Crippen LogP contribution in [0.2, 0.25) is 0 Å². The second-order valence-electron chi connectivity index (χ2n) is 6.25. The molecule has 0 saturated carbocycles. The number of benzene rings is 2. The normalized spacial score (nSPS) is 10.1. The third kappa shape index (κ3) is 6.03. The molecule has 0 saturated heterocycles. The molecule has 0 spiro atoms. The Kier molecular flexibility index (Phi) is 8.18. The summed E-state index contributed by atoms with van der Waals surface area (Å²) in [6, 6.07) is 12.7. The minimum absolute atomic E-state index is 0.501. The molecular formula is C25H28O2. The van der Waals surface area contributed by atoms with Crippen molar-refractivity contribution < 1.29 is 9.47 Å². The number of rotatable bonds is 12. The van der Waals surface area contributed by atoms with Crippen LogP contribution < -0.4 is 9.47 Å². The standard InChI is InChI=1S/C25H28O2/c1-5-9-22-18-20(11-13-24(22)26-15-7-3)17-21-12-14-25(27-16-8-4)23(19-21)10-6-2/h5-8,11-14,18-19H,1-4,9-10,15-17H2. The first kappa shape index (κ1) is 20.3. The highest BCUT2D eigenvalue weighted by molar-refractivity contribution is 5.43. The van der Waals surface area contributed by atoms with Gasteiger partial charge in [0.25, 0.3) is 0 Å². The summed E-state index contributed by atoms with van der Waals surface area (Å²) in [5.74, 6) is 1.78. The number of ether oxygens (including phenoxy) is 2. The van der Waals surface area contributed by atoms with E-state index >= 15 is 0 Å². The van der Waals surface area contributed by atoms with Crippen molar-refractivity contribution in [3.8, 4) is 11.5 Å². The molecule has 0 N–H and O–H groups in total. The third-order valence-corrected chi connectivity index (χ3v) is 4.10. The molecule has 0 aliphatic carbocycles. The molecule has 0 aliphatic heterocycles. The molecule has 0 radical (unpaired) electrons. The van der Waals surface area contributed by atoms with E-state index in [9.17, 15) is 0 Å². The quantitative estimate of drug-likeness (QED) is 0.441. The number of allylic oxidation sites excluding steroid dienone is 2. The van der Waals surface area contributed by atoms with E-state index in [0.29, 0.717) is 13.2 Å². The van der Waals surface area contributed by atoms with Gasteiger partial charge in [-0.05, 0) is 53.6 Å². The third-order valence-electron chi connectivity index (χ3n) is 4.10. The van der Waals surface area contributed by atoms with Crippen molar-refractivity contribution in [2.45, 2.75) is 19.3 Å². The van der Waals surface area contributed by atoms with Gasteiger partial charge in [0.05, 0.1) is 0 Å². The van der Waals surface area contributed by atoms with E-state index in [1.807, 2.05) is 24.3 Å². The van der Waals surface area contributed by atoms with Crippen LogP contribution in [-0.2, 0) is 19.3 Å².